The van der Waals surface area contributed by atoms with Crippen molar-refractivity contribution in [3.63, 3.8) is 0 Å². The zero-order valence-electron chi connectivity index (χ0n) is 14.1. The van der Waals surface area contributed by atoms with Crippen LogP contribution in [0.4, 0.5) is 0 Å². The summed E-state index contributed by atoms with van der Waals surface area (Å²) in [6, 6.07) is 4.22. The van der Waals surface area contributed by atoms with E-state index < -0.39 is 0 Å². The highest BCUT2D eigenvalue weighted by Gasteiger charge is 2.18. The first-order chi connectivity index (χ1) is 9.12. The second kappa shape index (κ2) is 6.57. The molecular formula is C17H30N2O. The minimum absolute atomic E-state index is 0.0298. The Morgan fingerprint density at radius 3 is 2.25 bits per heavy atom. The molecule has 0 spiro atoms. The van der Waals surface area contributed by atoms with Gasteiger partial charge in [-0.1, -0.05) is 27.7 Å². The van der Waals surface area contributed by atoms with Crippen molar-refractivity contribution in [1.82, 2.24) is 10.3 Å². The van der Waals surface area contributed by atoms with Crippen molar-refractivity contribution in [2.45, 2.75) is 72.4 Å². The van der Waals surface area contributed by atoms with E-state index in [1.165, 1.54) is 5.56 Å². The van der Waals surface area contributed by atoms with Gasteiger partial charge in [0, 0.05) is 23.6 Å². The predicted molar refractivity (Wildman–Crippen MR) is 85.3 cm³/mol. The standard InChI is InChI=1S/C17H30N2O/c1-8-9-20-15-11-13(12-18-17(5,6)7)10-14(19-15)16(2,3)4/h10-11,18H,8-9,12H2,1-7H3. The highest BCUT2D eigenvalue weighted by Crippen LogP contribution is 2.24. The lowest BCUT2D eigenvalue weighted by molar-refractivity contribution is 0.302. The largest absolute Gasteiger partial charge is 0.478 e. The zero-order valence-corrected chi connectivity index (χ0v) is 14.1. The average molecular weight is 278 g/mol. The summed E-state index contributed by atoms with van der Waals surface area (Å²) in [7, 11) is 0. The molecule has 3 heteroatoms. The summed E-state index contributed by atoms with van der Waals surface area (Å²) in [5.74, 6) is 0.741. The molecule has 20 heavy (non-hydrogen) atoms. The van der Waals surface area contributed by atoms with E-state index in [4.69, 9.17) is 4.74 Å². The summed E-state index contributed by atoms with van der Waals surface area (Å²) in [6.45, 7) is 16.7. The van der Waals surface area contributed by atoms with E-state index in [9.17, 15) is 0 Å². The first-order valence-electron chi connectivity index (χ1n) is 7.51. The smallest absolute Gasteiger partial charge is 0.213 e. The van der Waals surface area contributed by atoms with Crippen LogP contribution in [0.5, 0.6) is 5.88 Å². The maximum atomic E-state index is 5.72. The Bertz CT molecular complexity index is 428. The molecule has 0 aliphatic heterocycles. The van der Waals surface area contributed by atoms with Crippen molar-refractivity contribution in [3.8, 4) is 5.88 Å². The summed E-state index contributed by atoms with van der Waals surface area (Å²) in [4.78, 5) is 4.64. The normalized spacial score (nSPS) is 12.6. The van der Waals surface area contributed by atoms with Gasteiger partial charge in [0.05, 0.1) is 12.3 Å². The molecule has 1 heterocycles. The third-order valence-electron chi connectivity index (χ3n) is 2.91. The van der Waals surface area contributed by atoms with E-state index in [2.05, 4.69) is 64.8 Å². The van der Waals surface area contributed by atoms with Crippen LogP contribution in [0.25, 0.3) is 0 Å². The van der Waals surface area contributed by atoms with Crippen LogP contribution in [0.1, 0.15) is 66.1 Å². The number of aromatic nitrogens is 1. The van der Waals surface area contributed by atoms with Crippen molar-refractivity contribution in [2.24, 2.45) is 0 Å². The van der Waals surface area contributed by atoms with Crippen molar-refractivity contribution in [2.75, 3.05) is 6.61 Å². The van der Waals surface area contributed by atoms with Crippen LogP contribution in [0.2, 0.25) is 0 Å². The number of nitrogens with zero attached hydrogens (tertiary/aromatic N) is 1. The lowest BCUT2D eigenvalue weighted by Crippen LogP contribution is -2.35. The zero-order chi connectivity index (χ0) is 15.4. The third-order valence-corrected chi connectivity index (χ3v) is 2.91. The van der Waals surface area contributed by atoms with Crippen LogP contribution in [0.15, 0.2) is 12.1 Å². The van der Waals surface area contributed by atoms with Crippen LogP contribution in [0.3, 0.4) is 0 Å². The second-order valence-electron chi connectivity index (χ2n) is 7.40. The molecule has 0 radical (unpaired) electrons. The van der Waals surface area contributed by atoms with Gasteiger partial charge in [0.2, 0.25) is 5.88 Å². The summed E-state index contributed by atoms with van der Waals surface area (Å²) in [5, 5.41) is 3.52. The Labute approximate surface area is 124 Å². The van der Waals surface area contributed by atoms with Gasteiger partial charge in [0.15, 0.2) is 0 Å². The lowest BCUT2D eigenvalue weighted by atomic mass is 9.90. The van der Waals surface area contributed by atoms with E-state index in [-0.39, 0.29) is 11.0 Å². The molecule has 1 aromatic rings. The molecule has 0 saturated carbocycles. The number of pyridine rings is 1. The number of hydrogen-bond acceptors (Lipinski definition) is 3. The van der Waals surface area contributed by atoms with Gasteiger partial charge in [-0.3, -0.25) is 0 Å². The van der Waals surface area contributed by atoms with Gasteiger partial charge in [-0.15, -0.1) is 0 Å². The van der Waals surface area contributed by atoms with Gasteiger partial charge < -0.3 is 10.1 Å². The Balaban J connectivity index is 2.97. The molecule has 0 aromatic carbocycles. The summed E-state index contributed by atoms with van der Waals surface area (Å²) in [5.41, 5.74) is 2.44. The Morgan fingerprint density at radius 2 is 1.75 bits per heavy atom. The number of ether oxygens (including phenoxy) is 1. The number of hydrogen-bond donors (Lipinski definition) is 1. The SMILES string of the molecule is CCCOc1cc(CNC(C)(C)C)cc(C(C)(C)C)n1. The first kappa shape index (κ1) is 17.0. The van der Waals surface area contributed by atoms with Gasteiger partial charge in [-0.05, 0) is 38.8 Å². The van der Waals surface area contributed by atoms with Gasteiger partial charge in [0.1, 0.15) is 0 Å². The third kappa shape index (κ3) is 5.91. The summed E-state index contributed by atoms with van der Waals surface area (Å²) in [6.07, 6.45) is 0.997. The van der Waals surface area contributed by atoms with Crippen LogP contribution >= 0.6 is 0 Å². The first-order valence-corrected chi connectivity index (χ1v) is 7.51. The average Bonchev–Trinajstić information content (AvgIpc) is 2.32. The molecule has 1 rings (SSSR count). The number of rotatable bonds is 5. The summed E-state index contributed by atoms with van der Waals surface area (Å²) < 4.78 is 5.72. The van der Waals surface area contributed by atoms with Crippen molar-refractivity contribution in [1.29, 1.82) is 0 Å². The fourth-order valence-electron chi connectivity index (χ4n) is 1.69. The molecule has 0 saturated heterocycles. The van der Waals surface area contributed by atoms with Gasteiger partial charge >= 0.3 is 0 Å². The van der Waals surface area contributed by atoms with Crippen LogP contribution in [0, 0.1) is 0 Å². The highest BCUT2D eigenvalue weighted by atomic mass is 16.5. The van der Waals surface area contributed by atoms with E-state index in [1.807, 2.05) is 6.07 Å². The maximum Gasteiger partial charge on any atom is 0.213 e. The van der Waals surface area contributed by atoms with Crippen molar-refractivity contribution >= 4 is 0 Å². The minimum Gasteiger partial charge on any atom is -0.478 e. The number of nitrogens with one attached hydrogen (secondary N) is 1. The van der Waals surface area contributed by atoms with E-state index in [0.29, 0.717) is 6.61 Å². The van der Waals surface area contributed by atoms with Gasteiger partial charge in [-0.25, -0.2) is 4.98 Å². The second-order valence-corrected chi connectivity index (χ2v) is 7.40. The van der Waals surface area contributed by atoms with E-state index in [0.717, 1.165) is 24.5 Å². The van der Waals surface area contributed by atoms with Crippen LogP contribution in [-0.4, -0.2) is 17.1 Å². The fourth-order valence-corrected chi connectivity index (χ4v) is 1.69. The van der Waals surface area contributed by atoms with Crippen molar-refractivity contribution < 1.29 is 4.74 Å². The molecule has 1 N–H and O–H groups in total. The molecule has 0 aliphatic rings. The quantitative estimate of drug-likeness (QED) is 0.882. The molecule has 3 nitrogen and oxygen atoms in total. The minimum atomic E-state index is 0.0298. The Morgan fingerprint density at radius 1 is 1.10 bits per heavy atom. The highest BCUT2D eigenvalue weighted by molar-refractivity contribution is 5.28. The monoisotopic (exact) mass is 278 g/mol. The lowest BCUT2D eigenvalue weighted by Gasteiger charge is -2.23. The summed E-state index contributed by atoms with van der Waals surface area (Å²) >= 11 is 0. The Hall–Kier alpha value is -1.09. The molecule has 1 aromatic heterocycles. The van der Waals surface area contributed by atoms with Crippen molar-refractivity contribution in [3.05, 3.63) is 23.4 Å². The van der Waals surface area contributed by atoms with Gasteiger partial charge in [-0.2, -0.15) is 0 Å². The molecule has 0 atom stereocenters. The fraction of sp³-hybridized carbons (Fsp3) is 0.706. The molecule has 0 fully saturated rings. The van der Waals surface area contributed by atoms with E-state index >= 15 is 0 Å². The molecular weight excluding hydrogens is 248 g/mol. The molecule has 114 valence electrons. The molecule has 0 unspecified atom stereocenters. The maximum absolute atomic E-state index is 5.72. The molecule has 0 amide bonds. The molecule has 0 bridgehead atoms. The topological polar surface area (TPSA) is 34.1 Å². The predicted octanol–water partition coefficient (Wildman–Crippen LogP) is 4.06. The molecule has 0 aliphatic carbocycles. The van der Waals surface area contributed by atoms with Gasteiger partial charge in [0.25, 0.3) is 0 Å². The van der Waals surface area contributed by atoms with Crippen LogP contribution in [-0.2, 0) is 12.0 Å². The Kier molecular flexibility index (Phi) is 5.58. The van der Waals surface area contributed by atoms with Crippen LogP contribution < -0.4 is 10.1 Å². The van der Waals surface area contributed by atoms with E-state index in [1.54, 1.807) is 0 Å².